The third-order valence-electron chi connectivity index (χ3n) is 5.17. The van der Waals surface area contributed by atoms with E-state index >= 15 is 0 Å². The maximum atomic E-state index is 12.1. The van der Waals surface area contributed by atoms with Crippen molar-refractivity contribution >= 4 is 28.3 Å². The first-order valence-electron chi connectivity index (χ1n) is 10.3. The first-order chi connectivity index (χ1) is 15.7. The van der Waals surface area contributed by atoms with Crippen LogP contribution in [0.25, 0.3) is 10.8 Å². The summed E-state index contributed by atoms with van der Waals surface area (Å²) in [6, 6.07) is 5.69. The van der Waals surface area contributed by atoms with Crippen molar-refractivity contribution in [2.24, 2.45) is 5.92 Å². The Labute approximate surface area is 184 Å². The summed E-state index contributed by atoms with van der Waals surface area (Å²) in [4.78, 5) is 29.3. The van der Waals surface area contributed by atoms with Crippen molar-refractivity contribution in [1.82, 2.24) is 29.7 Å². The van der Waals surface area contributed by atoms with Gasteiger partial charge in [-0.1, -0.05) is 12.0 Å². The minimum absolute atomic E-state index is 0.0163. The van der Waals surface area contributed by atoms with Crippen LogP contribution in [0.5, 0.6) is 0 Å². The fourth-order valence-corrected chi connectivity index (χ4v) is 3.30. The lowest BCUT2D eigenvalue weighted by Gasteiger charge is -2.09. The van der Waals surface area contributed by atoms with Gasteiger partial charge in [-0.2, -0.15) is 5.10 Å². The van der Waals surface area contributed by atoms with E-state index in [-0.39, 0.29) is 11.8 Å². The molecule has 5 rings (SSSR count). The minimum atomic E-state index is 0.0163. The summed E-state index contributed by atoms with van der Waals surface area (Å²) in [7, 11) is 1.81. The summed E-state index contributed by atoms with van der Waals surface area (Å²) in [5.41, 5.74) is 2.39. The van der Waals surface area contributed by atoms with Crippen molar-refractivity contribution in [2.75, 3.05) is 17.7 Å². The number of amides is 1. The number of nitrogens with one attached hydrogen (secondary N) is 2. The third kappa shape index (κ3) is 4.25. The number of aromatic nitrogens is 6. The zero-order valence-electron chi connectivity index (χ0n) is 17.4. The number of hydrogen-bond acceptors (Lipinski definition) is 7. The number of nitrogens with zero attached hydrogens (tertiary/aromatic N) is 6. The van der Waals surface area contributed by atoms with Crippen molar-refractivity contribution in [3.05, 3.63) is 66.3 Å². The largest absolute Gasteiger partial charge is 0.373 e. The van der Waals surface area contributed by atoms with E-state index in [0.29, 0.717) is 23.9 Å². The molecule has 0 unspecified atom stereocenters. The van der Waals surface area contributed by atoms with Crippen LogP contribution in [0.2, 0.25) is 0 Å². The van der Waals surface area contributed by atoms with Crippen molar-refractivity contribution < 1.29 is 4.79 Å². The molecule has 0 radical (unpaired) electrons. The average Bonchev–Trinajstić information content (AvgIpc) is 3.55. The Balaban J connectivity index is 1.43. The van der Waals surface area contributed by atoms with Gasteiger partial charge in [0.05, 0.1) is 12.1 Å². The highest BCUT2D eigenvalue weighted by Crippen LogP contribution is 2.31. The predicted octanol–water partition coefficient (Wildman–Crippen LogP) is 2.45. The highest BCUT2D eigenvalue weighted by atomic mass is 16.2. The van der Waals surface area contributed by atoms with Crippen molar-refractivity contribution in [1.29, 1.82) is 0 Å². The number of carbonyl (C=O) groups excluding carboxylic acids is 1. The van der Waals surface area contributed by atoms with E-state index < -0.39 is 0 Å². The van der Waals surface area contributed by atoms with E-state index in [9.17, 15) is 4.79 Å². The van der Waals surface area contributed by atoms with Crippen molar-refractivity contribution in [3.8, 4) is 11.8 Å². The summed E-state index contributed by atoms with van der Waals surface area (Å²) in [5.74, 6) is 7.61. The second-order valence-corrected chi connectivity index (χ2v) is 7.54. The molecule has 32 heavy (non-hydrogen) atoms. The Kier molecular flexibility index (Phi) is 5.17. The van der Waals surface area contributed by atoms with Gasteiger partial charge in [0.15, 0.2) is 0 Å². The zero-order valence-corrected chi connectivity index (χ0v) is 17.4. The van der Waals surface area contributed by atoms with Crippen LogP contribution in [0.4, 0.5) is 11.6 Å². The molecular weight excluding hydrogens is 404 g/mol. The molecule has 1 aliphatic rings. The van der Waals surface area contributed by atoms with E-state index in [0.717, 1.165) is 34.7 Å². The van der Waals surface area contributed by atoms with Crippen molar-refractivity contribution in [2.45, 2.75) is 19.4 Å². The fourth-order valence-electron chi connectivity index (χ4n) is 3.30. The van der Waals surface area contributed by atoms with Gasteiger partial charge >= 0.3 is 0 Å². The van der Waals surface area contributed by atoms with Crippen LogP contribution < -0.4 is 10.6 Å². The Bertz CT molecular complexity index is 1330. The van der Waals surface area contributed by atoms with Gasteiger partial charge in [-0.15, -0.1) is 0 Å². The van der Waals surface area contributed by atoms with Crippen molar-refractivity contribution in [3.63, 3.8) is 0 Å². The number of rotatable bonds is 5. The van der Waals surface area contributed by atoms with E-state index in [4.69, 9.17) is 0 Å². The standard InChI is InChI=1S/C23H20N8O/c1-24-22-20-11-27-21(30-23(32)16-3-4-16)8-19(20)17(10-28-22)5-7-18-6-2-15(9-26-18)12-31-14-25-13-29-31/h2,6,8-11,13-14,16H,3-4,12H2,1H3,(H,24,28)(H,27,30,32). The molecule has 9 nitrogen and oxygen atoms in total. The second kappa shape index (κ2) is 8.43. The Morgan fingerprint density at radius 1 is 1.12 bits per heavy atom. The van der Waals surface area contributed by atoms with Crippen LogP contribution in [0.1, 0.15) is 29.7 Å². The van der Waals surface area contributed by atoms with Crippen LogP contribution in [-0.4, -0.2) is 42.7 Å². The maximum absolute atomic E-state index is 12.1. The number of pyridine rings is 3. The van der Waals surface area contributed by atoms with Crippen LogP contribution in [0.3, 0.4) is 0 Å². The first kappa shape index (κ1) is 19.6. The zero-order chi connectivity index (χ0) is 21.9. The SMILES string of the molecule is CNc1ncc(C#Cc2ccc(Cn3cncn3)cn2)c2cc(NC(=O)C3CC3)ncc12. The molecule has 9 heteroatoms. The molecule has 2 N–H and O–H groups in total. The molecule has 4 heterocycles. The number of anilines is 2. The number of carbonyl (C=O) groups is 1. The van der Waals surface area contributed by atoms with Gasteiger partial charge in [0.2, 0.25) is 5.91 Å². The summed E-state index contributed by atoms with van der Waals surface area (Å²) < 4.78 is 1.73. The Morgan fingerprint density at radius 2 is 2.03 bits per heavy atom. The number of fused-ring (bicyclic) bond motifs is 1. The Hall–Kier alpha value is -4.32. The highest BCUT2D eigenvalue weighted by Gasteiger charge is 2.29. The summed E-state index contributed by atoms with van der Waals surface area (Å²) in [6.07, 6.45) is 10.2. The van der Waals surface area contributed by atoms with Gasteiger partial charge in [-0.25, -0.2) is 24.6 Å². The molecule has 4 aromatic heterocycles. The third-order valence-corrected chi connectivity index (χ3v) is 5.17. The van der Waals surface area contributed by atoms with E-state index in [1.807, 2.05) is 18.2 Å². The second-order valence-electron chi connectivity index (χ2n) is 7.54. The van der Waals surface area contributed by atoms with E-state index in [1.165, 1.54) is 6.33 Å². The summed E-state index contributed by atoms with van der Waals surface area (Å²) in [5, 5.41) is 11.8. The maximum Gasteiger partial charge on any atom is 0.228 e. The predicted molar refractivity (Wildman–Crippen MR) is 120 cm³/mol. The molecule has 1 fully saturated rings. The minimum Gasteiger partial charge on any atom is -0.373 e. The lowest BCUT2D eigenvalue weighted by atomic mass is 10.1. The van der Waals surface area contributed by atoms with Crippen LogP contribution >= 0.6 is 0 Å². The molecule has 0 saturated heterocycles. The molecule has 0 aromatic carbocycles. The monoisotopic (exact) mass is 424 g/mol. The molecule has 1 amide bonds. The van der Waals surface area contributed by atoms with Gasteiger partial charge in [0.25, 0.3) is 0 Å². The quantitative estimate of drug-likeness (QED) is 0.474. The molecule has 0 atom stereocenters. The normalized spacial score (nSPS) is 12.8. The van der Waals surface area contributed by atoms with Crippen LogP contribution in [0.15, 0.2) is 49.4 Å². The van der Waals surface area contributed by atoms with Gasteiger partial charge in [0, 0.05) is 42.3 Å². The molecule has 0 spiro atoms. The molecule has 1 saturated carbocycles. The molecule has 4 aromatic rings. The summed E-state index contributed by atoms with van der Waals surface area (Å²) in [6.45, 7) is 0.600. The number of hydrogen-bond donors (Lipinski definition) is 2. The van der Waals surface area contributed by atoms with Gasteiger partial charge in [-0.3, -0.25) is 4.79 Å². The lowest BCUT2D eigenvalue weighted by molar-refractivity contribution is -0.117. The summed E-state index contributed by atoms with van der Waals surface area (Å²) >= 11 is 0. The highest BCUT2D eigenvalue weighted by molar-refractivity contribution is 5.99. The smallest absolute Gasteiger partial charge is 0.228 e. The molecule has 158 valence electrons. The molecule has 0 bridgehead atoms. The molecular formula is C23H20N8O. The van der Waals surface area contributed by atoms with Crippen LogP contribution in [0, 0.1) is 17.8 Å². The van der Waals surface area contributed by atoms with Crippen LogP contribution in [-0.2, 0) is 11.3 Å². The van der Waals surface area contributed by atoms with Gasteiger partial charge < -0.3 is 10.6 Å². The topological polar surface area (TPSA) is 111 Å². The Morgan fingerprint density at radius 3 is 2.75 bits per heavy atom. The average molecular weight is 424 g/mol. The fraction of sp³-hybridized carbons (Fsp3) is 0.217. The molecule has 1 aliphatic carbocycles. The van der Waals surface area contributed by atoms with Gasteiger partial charge in [-0.05, 0) is 36.5 Å². The lowest BCUT2D eigenvalue weighted by Crippen LogP contribution is -2.14. The van der Waals surface area contributed by atoms with E-state index in [2.05, 4.69) is 47.5 Å². The van der Waals surface area contributed by atoms with E-state index in [1.54, 1.807) is 36.6 Å². The molecule has 0 aliphatic heterocycles. The van der Waals surface area contributed by atoms with Gasteiger partial charge in [0.1, 0.15) is 30.0 Å². The first-order valence-corrected chi connectivity index (χ1v) is 10.3.